The maximum atomic E-state index is 13.5. The summed E-state index contributed by atoms with van der Waals surface area (Å²) < 4.78 is 5.07. The Hall–Kier alpha value is -4.83. The smallest absolute Gasteiger partial charge is 0.260 e. The van der Waals surface area contributed by atoms with Crippen LogP contribution in [-0.4, -0.2) is 51.5 Å². The highest BCUT2D eigenvalue weighted by atomic mass is 16.5. The van der Waals surface area contributed by atoms with Crippen LogP contribution < -0.4 is 10.2 Å². The van der Waals surface area contributed by atoms with Crippen molar-refractivity contribution in [1.82, 2.24) is 20.1 Å². The van der Waals surface area contributed by atoms with Crippen molar-refractivity contribution in [2.75, 3.05) is 23.9 Å². The normalized spacial score (nSPS) is 15.9. The van der Waals surface area contributed by atoms with Gasteiger partial charge in [-0.2, -0.15) is 5.10 Å². The summed E-state index contributed by atoms with van der Waals surface area (Å²) in [6.07, 6.45) is -0.698. The van der Waals surface area contributed by atoms with Crippen molar-refractivity contribution in [2.24, 2.45) is 0 Å². The second-order valence-electron chi connectivity index (χ2n) is 8.75. The molecule has 6 rings (SSSR count). The molecule has 10 nitrogen and oxygen atoms in total. The summed E-state index contributed by atoms with van der Waals surface area (Å²) in [6, 6.07) is 21.3. The summed E-state index contributed by atoms with van der Waals surface area (Å²) in [6.45, 7) is 0.0685. The molecule has 4 aromatic rings. The number of hydrogen-bond donors (Lipinski definition) is 2. The Labute approximate surface area is 211 Å². The third-order valence-electron chi connectivity index (χ3n) is 6.41. The molecule has 10 heteroatoms. The summed E-state index contributed by atoms with van der Waals surface area (Å²) in [5, 5.41) is 9.88. The number of para-hydroxylation sites is 1. The van der Waals surface area contributed by atoms with Gasteiger partial charge in [0.15, 0.2) is 11.6 Å². The largest absolute Gasteiger partial charge is 0.377 e. The lowest BCUT2D eigenvalue weighted by atomic mass is 10.0. The molecule has 0 saturated carbocycles. The predicted molar refractivity (Wildman–Crippen MR) is 135 cm³/mol. The molecule has 1 aromatic heterocycles. The molecule has 3 heterocycles. The van der Waals surface area contributed by atoms with Gasteiger partial charge in [0.2, 0.25) is 5.91 Å². The van der Waals surface area contributed by atoms with Gasteiger partial charge in [0.05, 0.1) is 11.3 Å². The fraction of sp³-hybridized carbons (Fsp3) is 0.148. The summed E-state index contributed by atoms with van der Waals surface area (Å²) in [7, 11) is 1.57. The van der Waals surface area contributed by atoms with Crippen LogP contribution in [0.5, 0.6) is 0 Å². The van der Waals surface area contributed by atoms with Crippen molar-refractivity contribution in [3.05, 3.63) is 95.3 Å². The van der Waals surface area contributed by atoms with Gasteiger partial charge in [0.25, 0.3) is 11.8 Å². The number of benzene rings is 3. The first-order chi connectivity index (χ1) is 18.0. The molecule has 37 heavy (non-hydrogen) atoms. The number of carbonyl (C=O) groups excluding carboxylic acids is 3. The van der Waals surface area contributed by atoms with Gasteiger partial charge in [-0.15, -0.1) is 0 Å². The summed E-state index contributed by atoms with van der Waals surface area (Å²) >= 11 is 0. The quantitative estimate of drug-likeness (QED) is 0.424. The van der Waals surface area contributed by atoms with Crippen molar-refractivity contribution in [1.29, 1.82) is 0 Å². The first-order valence-electron chi connectivity index (χ1n) is 11.7. The Morgan fingerprint density at radius 3 is 2.62 bits per heavy atom. The average Bonchev–Trinajstić information content (AvgIpc) is 3.50. The molecule has 0 unspecified atom stereocenters. The van der Waals surface area contributed by atoms with Gasteiger partial charge in [-0.25, -0.2) is 4.98 Å². The summed E-state index contributed by atoms with van der Waals surface area (Å²) in [5.41, 5.74) is 3.38. The second-order valence-corrected chi connectivity index (χ2v) is 8.75. The van der Waals surface area contributed by atoms with Crippen molar-refractivity contribution in [3.63, 3.8) is 0 Å². The molecular weight excluding hydrogens is 472 g/mol. The molecule has 0 spiro atoms. The zero-order chi connectivity index (χ0) is 25.5. The maximum absolute atomic E-state index is 13.5. The lowest BCUT2D eigenvalue weighted by molar-refractivity contribution is -0.117. The van der Waals surface area contributed by atoms with Gasteiger partial charge in [0.1, 0.15) is 19.3 Å². The molecule has 1 atom stereocenters. The molecule has 0 bridgehead atoms. The highest BCUT2D eigenvalue weighted by Gasteiger charge is 2.48. The highest BCUT2D eigenvalue weighted by Crippen LogP contribution is 2.45. The van der Waals surface area contributed by atoms with Crippen LogP contribution in [0.15, 0.2) is 72.8 Å². The number of nitrogens with one attached hydrogen (secondary N) is 2. The maximum Gasteiger partial charge on any atom is 0.260 e. The minimum Gasteiger partial charge on any atom is -0.377 e. The number of H-pyrrole nitrogens is 1. The molecule has 0 saturated heterocycles. The van der Waals surface area contributed by atoms with Gasteiger partial charge in [0, 0.05) is 29.5 Å². The van der Waals surface area contributed by atoms with E-state index in [1.807, 2.05) is 18.2 Å². The molecule has 184 valence electrons. The number of ether oxygens (including phenoxy) is 1. The third-order valence-corrected chi connectivity index (χ3v) is 6.41. The minimum atomic E-state index is -0.698. The molecule has 2 aliphatic rings. The molecule has 3 aromatic carbocycles. The summed E-state index contributed by atoms with van der Waals surface area (Å²) in [4.78, 5) is 47.5. The number of nitrogens with zero attached hydrogens (tertiary/aromatic N) is 4. The molecule has 0 aliphatic carbocycles. The topological polar surface area (TPSA) is 121 Å². The van der Waals surface area contributed by atoms with E-state index < -0.39 is 12.1 Å². The van der Waals surface area contributed by atoms with Crippen molar-refractivity contribution >= 4 is 29.1 Å². The lowest BCUT2D eigenvalue weighted by Crippen LogP contribution is -2.50. The van der Waals surface area contributed by atoms with Crippen molar-refractivity contribution in [2.45, 2.75) is 12.8 Å². The van der Waals surface area contributed by atoms with Gasteiger partial charge in [-0.05, 0) is 30.3 Å². The Morgan fingerprint density at radius 1 is 1.00 bits per heavy atom. The number of carbonyl (C=O) groups is 3. The van der Waals surface area contributed by atoms with E-state index in [0.717, 1.165) is 0 Å². The van der Waals surface area contributed by atoms with E-state index in [9.17, 15) is 14.4 Å². The van der Waals surface area contributed by atoms with Gasteiger partial charge < -0.3 is 15.0 Å². The third kappa shape index (κ3) is 3.83. The molecule has 2 N–H and O–H groups in total. The van der Waals surface area contributed by atoms with E-state index in [1.54, 1.807) is 66.6 Å². The zero-order valence-corrected chi connectivity index (χ0v) is 19.8. The minimum absolute atomic E-state index is 0.196. The number of aromatic amines is 1. The van der Waals surface area contributed by atoms with E-state index in [2.05, 4.69) is 20.5 Å². The fourth-order valence-electron chi connectivity index (χ4n) is 4.85. The fourth-order valence-corrected chi connectivity index (χ4v) is 4.85. The standard InChI is InChI=1S/C27H22N6O4/c1-37-15-22-29-24(31-30-22)16-7-6-8-17(13-16)28-23(34)14-32-25-18-9-2-3-10-19(18)27(36)33(25)21-12-5-4-11-20(21)26(32)35/h2-13,25H,14-15H2,1H3,(H,28,34)(H,29,30,31)/t25-/m0/s1. The lowest BCUT2D eigenvalue weighted by Gasteiger charge is -2.40. The highest BCUT2D eigenvalue weighted by molar-refractivity contribution is 6.17. The number of fused-ring (bicyclic) bond motifs is 5. The Balaban J connectivity index is 1.28. The Morgan fingerprint density at radius 2 is 1.78 bits per heavy atom. The Kier molecular flexibility index (Phi) is 5.50. The number of anilines is 2. The van der Waals surface area contributed by atoms with E-state index in [0.29, 0.717) is 51.9 Å². The van der Waals surface area contributed by atoms with Crippen LogP contribution in [0.3, 0.4) is 0 Å². The second kappa shape index (κ2) is 8.99. The number of methoxy groups -OCH3 is 1. The molecule has 2 aliphatic heterocycles. The zero-order valence-electron chi connectivity index (χ0n) is 19.8. The van der Waals surface area contributed by atoms with Crippen molar-refractivity contribution < 1.29 is 19.1 Å². The molecular formula is C27H22N6O4. The average molecular weight is 495 g/mol. The first-order valence-corrected chi connectivity index (χ1v) is 11.7. The van der Waals surface area contributed by atoms with Crippen LogP contribution in [-0.2, 0) is 16.1 Å². The Bertz CT molecular complexity index is 1550. The van der Waals surface area contributed by atoms with Crippen molar-refractivity contribution in [3.8, 4) is 11.4 Å². The van der Waals surface area contributed by atoms with E-state index in [1.165, 1.54) is 4.90 Å². The van der Waals surface area contributed by atoms with Crippen LogP contribution in [0.1, 0.15) is 38.3 Å². The predicted octanol–water partition coefficient (Wildman–Crippen LogP) is 3.37. The number of aromatic nitrogens is 3. The van der Waals surface area contributed by atoms with Crippen LogP contribution in [0.4, 0.5) is 11.4 Å². The van der Waals surface area contributed by atoms with E-state index >= 15 is 0 Å². The number of amides is 3. The van der Waals surface area contributed by atoms with Crippen LogP contribution in [0.25, 0.3) is 11.4 Å². The number of hydrogen-bond acceptors (Lipinski definition) is 6. The molecule has 0 radical (unpaired) electrons. The monoisotopic (exact) mass is 494 g/mol. The van der Waals surface area contributed by atoms with Gasteiger partial charge >= 0.3 is 0 Å². The van der Waals surface area contributed by atoms with Gasteiger partial charge in [-0.3, -0.25) is 24.4 Å². The molecule has 0 fully saturated rings. The first kappa shape index (κ1) is 22.6. The van der Waals surface area contributed by atoms with E-state index in [-0.39, 0.29) is 18.4 Å². The molecule has 3 amide bonds. The van der Waals surface area contributed by atoms with Gasteiger partial charge in [-0.1, -0.05) is 42.5 Å². The van der Waals surface area contributed by atoms with E-state index in [4.69, 9.17) is 4.74 Å². The van der Waals surface area contributed by atoms with Crippen LogP contribution >= 0.6 is 0 Å². The van der Waals surface area contributed by atoms with Crippen LogP contribution in [0.2, 0.25) is 0 Å². The number of rotatable bonds is 6. The SMILES string of the molecule is COCc1nc(-c2cccc(NC(=O)CN3C(=O)c4ccccc4N4C(=O)c5ccccc5[C@@H]34)c2)n[nH]1. The summed E-state index contributed by atoms with van der Waals surface area (Å²) in [5.74, 6) is 0.167. The van der Waals surface area contributed by atoms with Crippen LogP contribution in [0, 0.1) is 0 Å².